The Balaban J connectivity index is 2.71. The van der Waals surface area contributed by atoms with E-state index in [1.54, 1.807) is 0 Å². The highest BCUT2D eigenvalue weighted by atomic mass is 32.2. The monoisotopic (exact) mass is 222 g/mol. The fourth-order valence-electron chi connectivity index (χ4n) is 0.872. The lowest BCUT2D eigenvalue weighted by atomic mass is 10.3. The van der Waals surface area contributed by atoms with E-state index in [4.69, 9.17) is 0 Å². The van der Waals surface area contributed by atoms with Crippen LogP contribution in [0.3, 0.4) is 0 Å². The van der Waals surface area contributed by atoms with Gasteiger partial charge < -0.3 is 4.74 Å². The van der Waals surface area contributed by atoms with Gasteiger partial charge in [0, 0.05) is 4.90 Å². The summed E-state index contributed by atoms with van der Waals surface area (Å²) in [5.74, 6) is -0.617. The zero-order valence-corrected chi connectivity index (χ0v) is 8.99. The zero-order valence-electron chi connectivity index (χ0n) is 8.17. The molecule has 0 saturated carbocycles. The molecule has 0 N–H and O–H groups in total. The number of hydrogen-bond acceptors (Lipinski definition) is 4. The summed E-state index contributed by atoms with van der Waals surface area (Å²) in [6, 6.07) is 9.44. The second-order valence-electron chi connectivity index (χ2n) is 2.61. The van der Waals surface area contributed by atoms with Gasteiger partial charge in [-0.3, -0.25) is 4.79 Å². The van der Waals surface area contributed by atoms with Crippen LogP contribution in [0.1, 0.15) is 0 Å². The number of aldehydes is 1. The minimum atomic E-state index is -0.617. The summed E-state index contributed by atoms with van der Waals surface area (Å²) >= 11 is 1.30. The lowest BCUT2D eigenvalue weighted by Gasteiger charge is -1.97. The first-order valence-electron chi connectivity index (χ1n) is 4.23. The van der Waals surface area contributed by atoms with Crippen molar-refractivity contribution in [3.05, 3.63) is 41.3 Å². The average Bonchev–Trinajstić information content (AvgIpc) is 2.31. The highest BCUT2D eigenvalue weighted by Gasteiger charge is 2.07. The van der Waals surface area contributed by atoms with Gasteiger partial charge in [0.1, 0.15) is 5.57 Å². The number of methoxy groups -OCH3 is 1. The van der Waals surface area contributed by atoms with E-state index >= 15 is 0 Å². The third-order valence-electron chi connectivity index (χ3n) is 1.61. The fourth-order valence-corrected chi connectivity index (χ4v) is 1.60. The SMILES string of the molecule is COC(=O)/C(C=O)=C\Sc1ccccc1. The van der Waals surface area contributed by atoms with E-state index in [2.05, 4.69) is 4.74 Å². The summed E-state index contributed by atoms with van der Waals surface area (Å²) in [4.78, 5) is 22.5. The number of carbonyl (C=O) groups is 2. The summed E-state index contributed by atoms with van der Waals surface area (Å²) in [7, 11) is 1.24. The standard InChI is InChI=1S/C11H10O3S/c1-14-11(13)9(7-12)8-15-10-5-3-2-4-6-10/h2-8H,1H3/b9-8-. The molecule has 0 heterocycles. The molecule has 1 rings (SSSR count). The lowest BCUT2D eigenvalue weighted by molar-refractivity contribution is -0.136. The van der Waals surface area contributed by atoms with Gasteiger partial charge in [-0.25, -0.2) is 4.79 Å². The fraction of sp³-hybridized carbons (Fsp3) is 0.0909. The third-order valence-corrected chi connectivity index (χ3v) is 2.53. The lowest BCUT2D eigenvalue weighted by Crippen LogP contribution is -2.04. The number of thioether (sulfide) groups is 1. The van der Waals surface area contributed by atoms with Crippen molar-refractivity contribution in [3.63, 3.8) is 0 Å². The Hall–Kier alpha value is -1.55. The maximum Gasteiger partial charge on any atom is 0.341 e. The average molecular weight is 222 g/mol. The first-order valence-corrected chi connectivity index (χ1v) is 5.11. The molecule has 0 spiro atoms. The van der Waals surface area contributed by atoms with Gasteiger partial charge in [0.05, 0.1) is 7.11 Å². The van der Waals surface area contributed by atoms with Crippen molar-refractivity contribution >= 4 is 24.0 Å². The Bertz CT molecular complexity index is 371. The third kappa shape index (κ3) is 3.59. The van der Waals surface area contributed by atoms with E-state index in [-0.39, 0.29) is 5.57 Å². The second kappa shape index (κ2) is 6.03. The summed E-state index contributed by atoms with van der Waals surface area (Å²) in [5, 5.41) is 1.48. The molecule has 0 bridgehead atoms. The van der Waals surface area contributed by atoms with Crippen LogP contribution in [0.5, 0.6) is 0 Å². The van der Waals surface area contributed by atoms with Crippen molar-refractivity contribution in [1.29, 1.82) is 0 Å². The van der Waals surface area contributed by atoms with E-state index in [1.807, 2.05) is 30.3 Å². The maximum atomic E-state index is 11.0. The van der Waals surface area contributed by atoms with Crippen molar-refractivity contribution in [2.75, 3.05) is 7.11 Å². The molecule has 0 aliphatic rings. The highest BCUT2D eigenvalue weighted by Crippen LogP contribution is 2.19. The zero-order chi connectivity index (χ0) is 11.1. The van der Waals surface area contributed by atoms with E-state index in [0.29, 0.717) is 6.29 Å². The number of hydrogen-bond donors (Lipinski definition) is 0. The first kappa shape index (κ1) is 11.5. The van der Waals surface area contributed by atoms with Gasteiger partial charge in [-0.05, 0) is 17.5 Å². The molecule has 1 aromatic rings. The van der Waals surface area contributed by atoms with Crippen LogP contribution >= 0.6 is 11.8 Å². The molecule has 0 atom stereocenters. The molecule has 4 heteroatoms. The first-order chi connectivity index (χ1) is 7.27. The van der Waals surface area contributed by atoms with Gasteiger partial charge in [0.15, 0.2) is 6.29 Å². The van der Waals surface area contributed by atoms with Gasteiger partial charge in [-0.2, -0.15) is 0 Å². The van der Waals surface area contributed by atoms with Crippen LogP contribution in [-0.4, -0.2) is 19.4 Å². The molecule has 78 valence electrons. The van der Waals surface area contributed by atoms with Crippen LogP contribution in [0, 0.1) is 0 Å². The van der Waals surface area contributed by atoms with E-state index in [1.165, 1.54) is 24.3 Å². The maximum absolute atomic E-state index is 11.0. The Morgan fingerprint density at radius 1 is 1.33 bits per heavy atom. The summed E-state index contributed by atoms with van der Waals surface area (Å²) in [6.45, 7) is 0. The number of rotatable bonds is 4. The quantitative estimate of drug-likeness (QED) is 0.195. The molecule has 0 saturated heterocycles. The molecular weight excluding hydrogens is 212 g/mol. The summed E-state index contributed by atoms with van der Waals surface area (Å²) < 4.78 is 4.44. The molecule has 0 aromatic heterocycles. The van der Waals surface area contributed by atoms with Crippen molar-refractivity contribution < 1.29 is 14.3 Å². The molecule has 3 nitrogen and oxygen atoms in total. The molecule has 1 aromatic carbocycles. The predicted molar refractivity (Wildman–Crippen MR) is 58.5 cm³/mol. The van der Waals surface area contributed by atoms with E-state index in [0.717, 1.165) is 4.90 Å². The molecule has 0 unspecified atom stereocenters. The van der Waals surface area contributed by atoms with Crippen molar-refractivity contribution in [2.24, 2.45) is 0 Å². The van der Waals surface area contributed by atoms with Crippen molar-refractivity contribution in [2.45, 2.75) is 4.90 Å². The van der Waals surface area contributed by atoms with Gasteiger partial charge in [0.25, 0.3) is 0 Å². The molecule has 0 fully saturated rings. The normalized spacial score (nSPS) is 10.9. The molecule has 0 aliphatic carbocycles. The van der Waals surface area contributed by atoms with Gasteiger partial charge >= 0.3 is 5.97 Å². The van der Waals surface area contributed by atoms with E-state index in [9.17, 15) is 9.59 Å². The molecule has 15 heavy (non-hydrogen) atoms. The van der Waals surface area contributed by atoms with Crippen LogP contribution in [0.15, 0.2) is 46.2 Å². The molecule has 0 radical (unpaired) electrons. The van der Waals surface area contributed by atoms with Crippen molar-refractivity contribution in [3.8, 4) is 0 Å². The number of esters is 1. The highest BCUT2D eigenvalue weighted by molar-refractivity contribution is 8.02. The van der Waals surface area contributed by atoms with E-state index < -0.39 is 5.97 Å². The predicted octanol–water partition coefficient (Wildman–Crippen LogP) is 2.03. The molecular formula is C11H10O3S. The van der Waals surface area contributed by atoms with Gasteiger partial charge in [0.2, 0.25) is 0 Å². The topological polar surface area (TPSA) is 43.4 Å². The number of carbonyl (C=O) groups excluding carboxylic acids is 2. The van der Waals surface area contributed by atoms with Crippen LogP contribution in [0.2, 0.25) is 0 Å². The smallest absolute Gasteiger partial charge is 0.341 e. The Morgan fingerprint density at radius 3 is 2.53 bits per heavy atom. The number of ether oxygens (including phenoxy) is 1. The van der Waals surface area contributed by atoms with Gasteiger partial charge in [-0.1, -0.05) is 30.0 Å². The molecule has 0 amide bonds. The Morgan fingerprint density at radius 2 is 2.00 bits per heavy atom. The Kier molecular flexibility index (Phi) is 4.63. The number of benzene rings is 1. The van der Waals surface area contributed by atoms with Gasteiger partial charge in [-0.15, -0.1) is 0 Å². The Labute approximate surface area is 92.1 Å². The largest absolute Gasteiger partial charge is 0.465 e. The van der Waals surface area contributed by atoms with Crippen LogP contribution in [0.4, 0.5) is 0 Å². The summed E-state index contributed by atoms with van der Waals surface area (Å²) in [5.41, 5.74) is 0.0198. The van der Waals surface area contributed by atoms with Crippen molar-refractivity contribution in [1.82, 2.24) is 0 Å². The summed E-state index contributed by atoms with van der Waals surface area (Å²) in [6.07, 6.45) is 0.488. The second-order valence-corrected chi connectivity index (χ2v) is 3.56. The van der Waals surface area contributed by atoms with Crippen LogP contribution in [0.25, 0.3) is 0 Å². The van der Waals surface area contributed by atoms with Crippen LogP contribution < -0.4 is 0 Å². The van der Waals surface area contributed by atoms with Crippen LogP contribution in [-0.2, 0) is 14.3 Å². The molecule has 0 aliphatic heterocycles. The minimum absolute atomic E-state index is 0.0198. The minimum Gasteiger partial charge on any atom is -0.465 e.